The van der Waals surface area contributed by atoms with E-state index < -0.39 is 29.0 Å². The van der Waals surface area contributed by atoms with Crippen LogP contribution in [-0.4, -0.2) is 30.7 Å². The van der Waals surface area contributed by atoms with Crippen molar-refractivity contribution in [3.63, 3.8) is 0 Å². The Morgan fingerprint density at radius 2 is 1.22 bits per heavy atom. The highest BCUT2D eigenvalue weighted by Crippen LogP contribution is 2.63. The van der Waals surface area contributed by atoms with Gasteiger partial charge in [0.25, 0.3) is 0 Å². The van der Waals surface area contributed by atoms with Gasteiger partial charge in [0, 0.05) is 66.2 Å². The normalized spacial score (nSPS) is 19.5. The lowest BCUT2D eigenvalue weighted by Crippen LogP contribution is -2.54. The van der Waals surface area contributed by atoms with Crippen LogP contribution in [-0.2, 0) is 19.8 Å². The maximum Gasteiger partial charge on any atom is 0.308 e. The van der Waals surface area contributed by atoms with E-state index in [4.69, 9.17) is 18.9 Å². The predicted molar refractivity (Wildman–Crippen MR) is 171 cm³/mol. The zero-order valence-electron chi connectivity index (χ0n) is 25.8. The first-order chi connectivity index (χ1) is 21.4. The number of carbonyl (C=O) groups excluding carboxylic acids is 3. The van der Waals surface area contributed by atoms with Gasteiger partial charge < -0.3 is 23.8 Å². The minimum absolute atomic E-state index is 0.365. The molecule has 0 amide bonds. The molecule has 5 aromatic carbocycles. The van der Waals surface area contributed by atoms with E-state index in [1.165, 1.54) is 20.8 Å². The van der Waals surface area contributed by atoms with E-state index in [1.54, 1.807) is 6.07 Å². The SMILES string of the molecule is CC(=O)Oc1cc(-c2ccc3c(c2)C2(C)c4cc(OC(C)=O)c5ccccc5c4OC2(C)N3C)c(OC(C)=O)c2ccccc12. The molecule has 2 atom stereocenters. The summed E-state index contributed by atoms with van der Waals surface area (Å²) in [5.74, 6) is 0.611. The molecule has 0 aliphatic carbocycles. The zero-order valence-corrected chi connectivity index (χ0v) is 25.8. The highest BCUT2D eigenvalue weighted by atomic mass is 16.5. The summed E-state index contributed by atoms with van der Waals surface area (Å²) < 4.78 is 24.1. The highest BCUT2D eigenvalue weighted by molar-refractivity contribution is 6.02. The van der Waals surface area contributed by atoms with Crippen LogP contribution in [0.2, 0.25) is 0 Å². The molecule has 0 saturated carbocycles. The smallest absolute Gasteiger partial charge is 0.308 e. The van der Waals surface area contributed by atoms with Crippen molar-refractivity contribution in [2.24, 2.45) is 0 Å². The molecule has 5 aromatic rings. The maximum absolute atomic E-state index is 12.4. The lowest BCUT2D eigenvalue weighted by atomic mass is 9.71. The van der Waals surface area contributed by atoms with Crippen molar-refractivity contribution in [1.29, 1.82) is 0 Å². The van der Waals surface area contributed by atoms with Crippen LogP contribution in [0.5, 0.6) is 23.0 Å². The van der Waals surface area contributed by atoms with Gasteiger partial charge >= 0.3 is 17.9 Å². The van der Waals surface area contributed by atoms with Gasteiger partial charge in [0.05, 0.1) is 5.41 Å². The van der Waals surface area contributed by atoms with Crippen LogP contribution in [0, 0.1) is 0 Å². The van der Waals surface area contributed by atoms with Crippen molar-refractivity contribution in [2.75, 3.05) is 11.9 Å². The summed E-state index contributed by atoms with van der Waals surface area (Å²) >= 11 is 0. The highest BCUT2D eigenvalue weighted by Gasteiger charge is 2.64. The Hall–Kier alpha value is -5.37. The minimum atomic E-state index is -0.821. The van der Waals surface area contributed by atoms with E-state index in [0.717, 1.165) is 38.9 Å². The van der Waals surface area contributed by atoms with Crippen molar-refractivity contribution in [3.05, 3.63) is 90.0 Å². The zero-order chi connectivity index (χ0) is 31.8. The summed E-state index contributed by atoms with van der Waals surface area (Å²) in [6, 6.07) is 24.8. The summed E-state index contributed by atoms with van der Waals surface area (Å²) in [5, 5.41) is 2.93. The number of rotatable bonds is 4. The fourth-order valence-corrected chi connectivity index (χ4v) is 7.03. The Balaban J connectivity index is 1.50. The van der Waals surface area contributed by atoms with Gasteiger partial charge in [-0.1, -0.05) is 54.6 Å². The molecule has 2 aliphatic heterocycles. The molecule has 2 heterocycles. The third-order valence-corrected chi connectivity index (χ3v) is 9.28. The number of ether oxygens (including phenoxy) is 4. The number of hydrogen-bond donors (Lipinski definition) is 0. The number of fused-ring (bicyclic) bond motifs is 8. The van der Waals surface area contributed by atoms with Crippen molar-refractivity contribution in [3.8, 4) is 34.1 Å². The molecule has 0 saturated heterocycles. The van der Waals surface area contributed by atoms with Crippen LogP contribution < -0.4 is 23.8 Å². The Morgan fingerprint density at radius 1 is 0.667 bits per heavy atom. The van der Waals surface area contributed by atoms with Crippen LogP contribution in [0.3, 0.4) is 0 Å². The second-order valence-corrected chi connectivity index (χ2v) is 11.9. The number of nitrogens with zero attached hydrogens (tertiary/aromatic N) is 1. The number of likely N-dealkylation sites (N-methyl/N-ethyl adjacent to an activating group) is 1. The van der Waals surface area contributed by atoms with E-state index in [9.17, 15) is 14.4 Å². The van der Waals surface area contributed by atoms with Gasteiger partial charge in [-0.15, -0.1) is 0 Å². The molecule has 2 unspecified atom stereocenters. The monoisotopic (exact) mass is 601 g/mol. The van der Waals surface area contributed by atoms with Crippen LogP contribution in [0.1, 0.15) is 45.7 Å². The van der Waals surface area contributed by atoms with Gasteiger partial charge in [0.15, 0.2) is 5.72 Å². The molecule has 0 radical (unpaired) electrons. The van der Waals surface area contributed by atoms with Gasteiger partial charge in [-0.2, -0.15) is 0 Å². The van der Waals surface area contributed by atoms with Gasteiger partial charge in [0.1, 0.15) is 23.0 Å². The van der Waals surface area contributed by atoms with Gasteiger partial charge in [-0.05, 0) is 49.2 Å². The molecule has 0 spiro atoms. The summed E-state index contributed by atoms with van der Waals surface area (Å²) in [5.41, 5.74) is 2.66. The van der Waals surface area contributed by atoms with E-state index in [1.807, 2.05) is 73.8 Å². The van der Waals surface area contributed by atoms with E-state index in [-0.39, 0.29) is 0 Å². The van der Waals surface area contributed by atoms with E-state index in [0.29, 0.717) is 33.6 Å². The Kier molecular flexibility index (Phi) is 6.20. The van der Waals surface area contributed by atoms with Crippen molar-refractivity contribution >= 4 is 45.1 Å². The van der Waals surface area contributed by atoms with E-state index >= 15 is 0 Å². The first kappa shape index (κ1) is 28.4. The minimum Gasteiger partial charge on any atom is -0.466 e. The summed E-state index contributed by atoms with van der Waals surface area (Å²) in [6.45, 7) is 8.30. The molecular weight excluding hydrogens is 570 g/mol. The first-order valence-corrected chi connectivity index (χ1v) is 14.7. The Labute approximate surface area is 260 Å². The topological polar surface area (TPSA) is 91.4 Å². The van der Waals surface area contributed by atoms with Gasteiger partial charge in [0.2, 0.25) is 0 Å². The molecule has 226 valence electrons. The summed E-state index contributed by atoms with van der Waals surface area (Å²) in [6.07, 6.45) is 0. The van der Waals surface area contributed by atoms with E-state index in [2.05, 4.69) is 24.8 Å². The van der Waals surface area contributed by atoms with Crippen LogP contribution in [0.4, 0.5) is 5.69 Å². The fraction of sp³-hybridized carbons (Fsp3) is 0.216. The third-order valence-electron chi connectivity index (χ3n) is 9.28. The molecule has 0 N–H and O–H groups in total. The molecule has 2 aliphatic rings. The molecule has 0 fully saturated rings. The predicted octanol–water partition coefficient (Wildman–Crippen LogP) is 7.30. The number of hydrogen-bond acceptors (Lipinski definition) is 8. The molecule has 8 nitrogen and oxygen atoms in total. The fourth-order valence-electron chi connectivity index (χ4n) is 7.03. The van der Waals surface area contributed by atoms with Crippen LogP contribution in [0.15, 0.2) is 78.9 Å². The molecule has 45 heavy (non-hydrogen) atoms. The number of esters is 3. The number of anilines is 1. The Bertz CT molecular complexity index is 2120. The standard InChI is InChI=1S/C37H31NO7/c1-20(39)42-32-18-28(34(44-22(3)41)26-13-9-7-11-24(26)32)23-15-16-31-29(17-23)36(4)30-19-33(43-21(2)40)25-12-8-10-14-27(25)35(30)45-37(36,5)38(31)6/h7-19H,1-6H3. The second kappa shape index (κ2) is 9.82. The molecule has 0 aromatic heterocycles. The number of carbonyl (C=O) groups is 3. The third kappa shape index (κ3) is 4.01. The first-order valence-electron chi connectivity index (χ1n) is 14.7. The van der Waals surface area contributed by atoms with Crippen molar-refractivity contribution in [2.45, 2.75) is 45.8 Å². The van der Waals surface area contributed by atoms with Crippen LogP contribution >= 0.6 is 0 Å². The summed E-state index contributed by atoms with van der Waals surface area (Å²) in [7, 11) is 2.00. The van der Waals surface area contributed by atoms with Gasteiger partial charge in [-0.3, -0.25) is 14.4 Å². The van der Waals surface area contributed by atoms with Crippen LogP contribution in [0.25, 0.3) is 32.7 Å². The van der Waals surface area contributed by atoms with Crippen molar-refractivity contribution in [1.82, 2.24) is 0 Å². The maximum atomic E-state index is 12.4. The summed E-state index contributed by atoms with van der Waals surface area (Å²) in [4.78, 5) is 38.7. The molecule has 0 bridgehead atoms. The number of benzene rings is 5. The molecule has 8 heteroatoms. The second-order valence-electron chi connectivity index (χ2n) is 11.9. The molecule has 7 rings (SSSR count). The Morgan fingerprint density at radius 3 is 1.84 bits per heavy atom. The lowest BCUT2D eigenvalue weighted by Gasteiger charge is -2.38. The van der Waals surface area contributed by atoms with Crippen molar-refractivity contribution < 1.29 is 33.3 Å². The van der Waals surface area contributed by atoms with Gasteiger partial charge in [-0.25, -0.2) is 0 Å². The quantitative estimate of drug-likeness (QED) is 0.157. The largest absolute Gasteiger partial charge is 0.466 e. The average molecular weight is 602 g/mol. The molecular formula is C37H31NO7. The lowest BCUT2D eigenvalue weighted by molar-refractivity contribution is -0.132. The average Bonchev–Trinajstić information content (AvgIpc) is 3.33.